The third-order valence-corrected chi connectivity index (χ3v) is 4.66. The molecular weight excluding hydrogens is 342 g/mol. The SMILES string of the molecule is CC(=O)N1CCc2c(NC(=O)c3ccc(-c4ncn(C)n4)cc3)cccc21. The lowest BCUT2D eigenvalue weighted by Crippen LogP contribution is -2.25. The van der Waals surface area contributed by atoms with Crippen molar-refractivity contribution in [3.05, 3.63) is 59.9 Å². The van der Waals surface area contributed by atoms with Crippen LogP contribution in [-0.4, -0.2) is 33.1 Å². The molecule has 0 saturated heterocycles. The van der Waals surface area contributed by atoms with Gasteiger partial charge in [0.25, 0.3) is 5.91 Å². The summed E-state index contributed by atoms with van der Waals surface area (Å²) < 4.78 is 1.64. The van der Waals surface area contributed by atoms with Crippen molar-refractivity contribution in [1.82, 2.24) is 14.8 Å². The lowest BCUT2D eigenvalue weighted by molar-refractivity contribution is -0.116. The fraction of sp³-hybridized carbons (Fsp3) is 0.200. The van der Waals surface area contributed by atoms with Crippen molar-refractivity contribution in [2.75, 3.05) is 16.8 Å². The van der Waals surface area contributed by atoms with Crippen LogP contribution in [0.3, 0.4) is 0 Å². The molecule has 136 valence electrons. The molecule has 3 aromatic rings. The summed E-state index contributed by atoms with van der Waals surface area (Å²) in [6.07, 6.45) is 2.37. The van der Waals surface area contributed by atoms with Crippen LogP contribution in [0, 0.1) is 0 Å². The first kappa shape index (κ1) is 17.0. The van der Waals surface area contributed by atoms with Crippen LogP contribution in [0.5, 0.6) is 0 Å². The Hall–Kier alpha value is -3.48. The topological polar surface area (TPSA) is 80.1 Å². The highest BCUT2D eigenvalue weighted by molar-refractivity contribution is 6.06. The summed E-state index contributed by atoms with van der Waals surface area (Å²) >= 11 is 0. The Morgan fingerprint density at radius 2 is 1.89 bits per heavy atom. The molecule has 1 N–H and O–H groups in total. The number of amides is 2. The van der Waals surface area contributed by atoms with Crippen LogP contribution >= 0.6 is 0 Å². The van der Waals surface area contributed by atoms with Gasteiger partial charge in [-0.3, -0.25) is 14.3 Å². The smallest absolute Gasteiger partial charge is 0.255 e. The molecule has 7 nitrogen and oxygen atoms in total. The number of anilines is 2. The molecule has 0 atom stereocenters. The van der Waals surface area contributed by atoms with E-state index >= 15 is 0 Å². The molecule has 0 bridgehead atoms. The summed E-state index contributed by atoms with van der Waals surface area (Å²) in [5.74, 6) is 0.441. The van der Waals surface area contributed by atoms with Crippen molar-refractivity contribution in [3.63, 3.8) is 0 Å². The average Bonchev–Trinajstić information content (AvgIpc) is 3.29. The molecule has 0 radical (unpaired) electrons. The zero-order valence-corrected chi connectivity index (χ0v) is 15.1. The molecule has 2 heterocycles. The van der Waals surface area contributed by atoms with E-state index in [4.69, 9.17) is 0 Å². The molecule has 1 aliphatic rings. The van der Waals surface area contributed by atoms with E-state index in [1.165, 1.54) is 0 Å². The van der Waals surface area contributed by atoms with E-state index in [0.29, 0.717) is 17.9 Å². The fourth-order valence-electron chi connectivity index (χ4n) is 3.32. The lowest BCUT2D eigenvalue weighted by atomic mass is 10.1. The van der Waals surface area contributed by atoms with Crippen LogP contribution < -0.4 is 10.2 Å². The van der Waals surface area contributed by atoms with Crippen LogP contribution in [0.15, 0.2) is 48.8 Å². The number of nitrogens with zero attached hydrogens (tertiary/aromatic N) is 4. The molecule has 0 unspecified atom stereocenters. The predicted octanol–water partition coefficient (Wildman–Crippen LogP) is 2.64. The third kappa shape index (κ3) is 3.19. The minimum Gasteiger partial charge on any atom is -0.322 e. The zero-order valence-electron chi connectivity index (χ0n) is 15.1. The molecule has 1 aliphatic heterocycles. The van der Waals surface area contributed by atoms with E-state index < -0.39 is 0 Å². The molecule has 0 spiro atoms. The Morgan fingerprint density at radius 3 is 2.56 bits per heavy atom. The van der Waals surface area contributed by atoms with Crippen molar-refractivity contribution < 1.29 is 9.59 Å². The molecule has 2 aromatic carbocycles. The number of carbonyl (C=O) groups is 2. The van der Waals surface area contributed by atoms with Crippen molar-refractivity contribution in [2.24, 2.45) is 7.05 Å². The number of aromatic nitrogens is 3. The Labute approximate surface area is 156 Å². The maximum absolute atomic E-state index is 12.7. The van der Waals surface area contributed by atoms with Gasteiger partial charge in [-0.25, -0.2) is 4.98 Å². The van der Waals surface area contributed by atoms with Gasteiger partial charge in [0.05, 0.1) is 0 Å². The molecule has 0 aliphatic carbocycles. The van der Waals surface area contributed by atoms with Gasteiger partial charge in [0, 0.05) is 48.6 Å². The van der Waals surface area contributed by atoms with Gasteiger partial charge in [-0.2, -0.15) is 5.10 Å². The van der Waals surface area contributed by atoms with Crippen molar-refractivity contribution in [2.45, 2.75) is 13.3 Å². The van der Waals surface area contributed by atoms with E-state index in [1.807, 2.05) is 37.4 Å². The second kappa shape index (κ2) is 6.68. The highest BCUT2D eigenvalue weighted by Gasteiger charge is 2.24. The number of nitrogens with one attached hydrogen (secondary N) is 1. The minimum absolute atomic E-state index is 0.0101. The number of benzene rings is 2. The summed E-state index contributed by atoms with van der Waals surface area (Å²) in [6.45, 7) is 2.20. The summed E-state index contributed by atoms with van der Waals surface area (Å²) in [4.78, 5) is 30.3. The van der Waals surface area contributed by atoms with Gasteiger partial charge in [0.15, 0.2) is 5.82 Å². The number of aryl methyl sites for hydroxylation is 1. The third-order valence-electron chi connectivity index (χ3n) is 4.66. The zero-order chi connectivity index (χ0) is 19.0. The second-order valence-corrected chi connectivity index (χ2v) is 6.50. The van der Waals surface area contributed by atoms with E-state index in [0.717, 1.165) is 28.9 Å². The molecule has 1 aromatic heterocycles. The molecule has 4 rings (SSSR count). The fourth-order valence-corrected chi connectivity index (χ4v) is 3.32. The summed E-state index contributed by atoms with van der Waals surface area (Å²) in [6, 6.07) is 12.8. The largest absolute Gasteiger partial charge is 0.322 e. The monoisotopic (exact) mass is 361 g/mol. The van der Waals surface area contributed by atoms with Crippen LogP contribution in [0.2, 0.25) is 0 Å². The van der Waals surface area contributed by atoms with E-state index in [9.17, 15) is 9.59 Å². The predicted molar refractivity (Wildman–Crippen MR) is 103 cm³/mol. The summed E-state index contributed by atoms with van der Waals surface area (Å²) in [5, 5.41) is 7.23. The first-order chi connectivity index (χ1) is 13.0. The van der Waals surface area contributed by atoms with Crippen molar-refractivity contribution in [3.8, 4) is 11.4 Å². The molecule has 27 heavy (non-hydrogen) atoms. The number of hydrogen-bond acceptors (Lipinski definition) is 4. The van der Waals surface area contributed by atoms with Crippen LogP contribution in [0.25, 0.3) is 11.4 Å². The summed E-state index contributed by atoms with van der Waals surface area (Å²) in [5.41, 5.74) is 4.02. The second-order valence-electron chi connectivity index (χ2n) is 6.50. The Bertz CT molecular complexity index is 1020. The van der Waals surface area contributed by atoms with E-state index in [-0.39, 0.29) is 11.8 Å². The van der Waals surface area contributed by atoms with Crippen LogP contribution in [0.1, 0.15) is 22.8 Å². The van der Waals surface area contributed by atoms with E-state index in [1.54, 1.807) is 35.0 Å². The highest BCUT2D eigenvalue weighted by atomic mass is 16.2. The number of fused-ring (bicyclic) bond motifs is 1. The Kier molecular flexibility index (Phi) is 4.19. The number of rotatable bonds is 3. The lowest BCUT2D eigenvalue weighted by Gasteiger charge is -2.15. The molecule has 0 saturated carbocycles. The Balaban J connectivity index is 1.54. The first-order valence-electron chi connectivity index (χ1n) is 8.70. The van der Waals surface area contributed by atoms with Gasteiger partial charge < -0.3 is 10.2 Å². The van der Waals surface area contributed by atoms with Gasteiger partial charge in [0.1, 0.15) is 6.33 Å². The molecule has 2 amide bonds. The van der Waals surface area contributed by atoms with Gasteiger partial charge in [-0.1, -0.05) is 18.2 Å². The van der Waals surface area contributed by atoms with Crippen molar-refractivity contribution >= 4 is 23.2 Å². The molecule has 0 fully saturated rings. The molecule has 7 heteroatoms. The van der Waals surface area contributed by atoms with Gasteiger partial charge in [-0.05, 0) is 30.7 Å². The maximum atomic E-state index is 12.7. The quantitative estimate of drug-likeness (QED) is 0.778. The van der Waals surface area contributed by atoms with Crippen LogP contribution in [0.4, 0.5) is 11.4 Å². The first-order valence-corrected chi connectivity index (χ1v) is 8.70. The highest BCUT2D eigenvalue weighted by Crippen LogP contribution is 2.34. The number of carbonyl (C=O) groups excluding carboxylic acids is 2. The molecular formula is C20H19N5O2. The van der Waals surface area contributed by atoms with Gasteiger partial charge in [0.2, 0.25) is 5.91 Å². The maximum Gasteiger partial charge on any atom is 0.255 e. The average molecular weight is 361 g/mol. The minimum atomic E-state index is -0.190. The van der Waals surface area contributed by atoms with E-state index in [2.05, 4.69) is 15.4 Å². The van der Waals surface area contributed by atoms with Gasteiger partial charge >= 0.3 is 0 Å². The van der Waals surface area contributed by atoms with Crippen LogP contribution in [-0.2, 0) is 18.3 Å². The standard InChI is InChI=1S/C20H19N5O2/c1-13(26)25-11-10-16-17(4-3-5-18(16)25)22-20(27)15-8-6-14(7-9-15)19-21-12-24(2)23-19/h3-9,12H,10-11H2,1-2H3,(H,22,27). The summed E-state index contributed by atoms with van der Waals surface area (Å²) in [7, 11) is 1.81. The van der Waals surface area contributed by atoms with Gasteiger partial charge in [-0.15, -0.1) is 0 Å². The Morgan fingerprint density at radius 1 is 1.11 bits per heavy atom. The van der Waals surface area contributed by atoms with Crippen molar-refractivity contribution in [1.29, 1.82) is 0 Å². The number of hydrogen-bond donors (Lipinski definition) is 1. The normalized spacial score (nSPS) is 12.7.